The number of aliphatic carboxylic acids is 1. The fourth-order valence-electron chi connectivity index (χ4n) is 0.241. The third-order valence-electron chi connectivity index (χ3n) is 0.462. The Hall–Kier alpha value is 0.430. The zero-order valence-corrected chi connectivity index (χ0v) is 7.05. The van der Waals surface area contributed by atoms with Crippen molar-refractivity contribution in [2.24, 2.45) is 0 Å². The van der Waals surface area contributed by atoms with Gasteiger partial charge in [-0.05, 0) is 6.92 Å². The SMILES string of the molecule is [13CH3][13C@@H](O)[13CH2][13C](=O)[O-].[Na+]. The molecule has 1 N–H and O–H groups in total. The van der Waals surface area contributed by atoms with Gasteiger partial charge in [-0.3, -0.25) is 0 Å². The van der Waals surface area contributed by atoms with E-state index in [2.05, 4.69) is 0 Å². The minimum Gasteiger partial charge on any atom is -0.550 e. The first kappa shape index (κ1) is 11.3. The number of hydrogen-bond acceptors (Lipinski definition) is 3. The van der Waals surface area contributed by atoms with Crippen LogP contribution in [0.4, 0.5) is 0 Å². The van der Waals surface area contributed by atoms with Crippen molar-refractivity contribution in [2.45, 2.75) is 19.4 Å². The van der Waals surface area contributed by atoms with Crippen LogP contribution in [-0.4, -0.2) is 17.2 Å². The summed E-state index contributed by atoms with van der Waals surface area (Å²) in [6, 6.07) is 0. The van der Waals surface area contributed by atoms with Crippen LogP contribution in [0.1, 0.15) is 13.3 Å². The summed E-state index contributed by atoms with van der Waals surface area (Å²) in [6.45, 7) is 1.40. The molecule has 1 atom stereocenters. The molecule has 0 bridgehead atoms. The zero-order chi connectivity index (χ0) is 5.86. The Bertz CT molecular complexity index is 71.7. The number of aliphatic hydroxyl groups excluding tert-OH is 1. The monoisotopic (exact) mass is 130 g/mol. The van der Waals surface area contributed by atoms with Crippen molar-refractivity contribution in [1.29, 1.82) is 0 Å². The largest absolute Gasteiger partial charge is 1.00 e. The van der Waals surface area contributed by atoms with Crippen LogP contribution >= 0.6 is 0 Å². The Labute approximate surface area is 70.0 Å². The molecule has 0 saturated heterocycles. The van der Waals surface area contributed by atoms with Gasteiger partial charge in [0.25, 0.3) is 0 Å². The van der Waals surface area contributed by atoms with Crippen LogP contribution in [0, 0.1) is 0 Å². The van der Waals surface area contributed by atoms with Gasteiger partial charge in [0.2, 0.25) is 0 Å². The molecule has 8 heavy (non-hydrogen) atoms. The van der Waals surface area contributed by atoms with Gasteiger partial charge in [-0.1, -0.05) is 0 Å². The maximum absolute atomic E-state index is 9.54. The van der Waals surface area contributed by atoms with E-state index >= 15 is 0 Å². The average molecular weight is 130 g/mol. The standard InChI is InChI=1S/C4H8O3.Na/c1-3(5)2-4(6)7;/h3,5H,2H2,1H3,(H,6,7);/q;+1/p-1/t3-;/m1./s1/i1+1,2+1,3+1,4+1;. The first-order valence-corrected chi connectivity index (χ1v) is 2.01. The minimum atomic E-state index is -1.21. The number of carboxylic acids is 1. The van der Waals surface area contributed by atoms with Gasteiger partial charge in [0, 0.05) is 12.4 Å². The van der Waals surface area contributed by atoms with Gasteiger partial charge < -0.3 is 15.0 Å². The van der Waals surface area contributed by atoms with Crippen molar-refractivity contribution in [3.8, 4) is 0 Å². The molecule has 0 aliphatic heterocycles. The predicted octanol–water partition coefficient (Wildman–Crippen LogP) is -4.49. The Morgan fingerprint density at radius 1 is 1.88 bits per heavy atom. The molecule has 0 amide bonds. The molecule has 0 rings (SSSR count). The molecule has 0 heterocycles. The maximum atomic E-state index is 9.54. The molecular formula is C4H7NaO3. The quantitative estimate of drug-likeness (QED) is 0.303. The summed E-state index contributed by atoms with van der Waals surface area (Å²) < 4.78 is 0. The molecule has 0 aliphatic carbocycles. The number of aliphatic hydroxyl groups is 1. The van der Waals surface area contributed by atoms with Gasteiger partial charge in [-0.2, -0.15) is 0 Å². The summed E-state index contributed by atoms with van der Waals surface area (Å²) in [5.41, 5.74) is 0. The molecule has 0 spiro atoms. The van der Waals surface area contributed by atoms with Crippen LogP contribution in [0.5, 0.6) is 0 Å². The molecule has 0 aromatic heterocycles. The third kappa shape index (κ3) is 9.66. The molecule has 0 radical (unpaired) electrons. The van der Waals surface area contributed by atoms with Gasteiger partial charge in [0.05, 0.1) is 6.10 Å². The summed E-state index contributed by atoms with van der Waals surface area (Å²) in [5.74, 6) is -1.21. The Morgan fingerprint density at radius 2 is 2.25 bits per heavy atom. The summed E-state index contributed by atoms with van der Waals surface area (Å²) in [5, 5.41) is 17.8. The average Bonchev–Trinajstić information content (AvgIpc) is 1.27. The van der Waals surface area contributed by atoms with Crippen molar-refractivity contribution >= 4 is 5.97 Å². The van der Waals surface area contributed by atoms with E-state index in [9.17, 15) is 9.90 Å². The van der Waals surface area contributed by atoms with Gasteiger partial charge >= 0.3 is 29.6 Å². The van der Waals surface area contributed by atoms with Crippen molar-refractivity contribution in [1.82, 2.24) is 0 Å². The van der Waals surface area contributed by atoms with Crippen molar-refractivity contribution in [3.63, 3.8) is 0 Å². The Kier molecular flexibility index (Phi) is 7.83. The second-order valence-electron chi connectivity index (χ2n) is 1.43. The first-order chi connectivity index (χ1) is 3.13. The van der Waals surface area contributed by atoms with E-state index in [4.69, 9.17) is 5.11 Å². The molecule has 42 valence electrons. The maximum Gasteiger partial charge on any atom is 1.00 e. The first-order valence-electron chi connectivity index (χ1n) is 2.01. The van der Waals surface area contributed by atoms with E-state index in [0.29, 0.717) is 0 Å². The Morgan fingerprint density at radius 3 is 2.25 bits per heavy atom. The molecule has 0 aromatic rings. The minimum absolute atomic E-state index is 0. The molecule has 0 saturated carbocycles. The molecule has 0 unspecified atom stereocenters. The second-order valence-corrected chi connectivity index (χ2v) is 1.43. The molecule has 0 aliphatic rings. The Balaban J connectivity index is 0. The molecular weight excluding hydrogens is 123 g/mol. The van der Waals surface area contributed by atoms with Gasteiger partial charge in [-0.25, -0.2) is 0 Å². The van der Waals surface area contributed by atoms with Crippen LogP contribution < -0.4 is 34.7 Å². The van der Waals surface area contributed by atoms with Gasteiger partial charge in [0.15, 0.2) is 0 Å². The van der Waals surface area contributed by atoms with Crippen molar-refractivity contribution in [2.75, 3.05) is 0 Å². The molecule has 0 aromatic carbocycles. The summed E-state index contributed by atoms with van der Waals surface area (Å²) in [4.78, 5) is 9.54. The molecule has 0 fully saturated rings. The van der Waals surface area contributed by atoms with E-state index in [0.717, 1.165) is 0 Å². The zero-order valence-electron chi connectivity index (χ0n) is 5.05. The van der Waals surface area contributed by atoms with Crippen LogP contribution in [0.25, 0.3) is 0 Å². The van der Waals surface area contributed by atoms with Crippen LogP contribution in [0.3, 0.4) is 0 Å². The second kappa shape index (κ2) is 5.56. The van der Waals surface area contributed by atoms with Crippen LogP contribution in [0.2, 0.25) is 0 Å². The van der Waals surface area contributed by atoms with Gasteiger partial charge in [0.1, 0.15) is 0 Å². The fraction of sp³-hybridized carbons (Fsp3) is 0.750. The van der Waals surface area contributed by atoms with Crippen LogP contribution in [0.15, 0.2) is 0 Å². The molecule has 3 nitrogen and oxygen atoms in total. The van der Waals surface area contributed by atoms with Gasteiger partial charge in [-0.15, -0.1) is 0 Å². The van der Waals surface area contributed by atoms with E-state index in [-0.39, 0.29) is 36.0 Å². The smallest absolute Gasteiger partial charge is 0.550 e. The number of carboxylic acid groups (broad SMARTS) is 1. The topological polar surface area (TPSA) is 60.4 Å². The van der Waals surface area contributed by atoms with Crippen molar-refractivity contribution in [3.05, 3.63) is 0 Å². The number of hydrogen-bond donors (Lipinski definition) is 1. The van der Waals surface area contributed by atoms with E-state index in [1.54, 1.807) is 0 Å². The normalized spacial score (nSPS) is 11.8. The third-order valence-corrected chi connectivity index (χ3v) is 0.462. The van der Waals surface area contributed by atoms with Crippen molar-refractivity contribution < 1.29 is 44.6 Å². The van der Waals surface area contributed by atoms with E-state index in [1.165, 1.54) is 6.92 Å². The van der Waals surface area contributed by atoms with E-state index < -0.39 is 12.1 Å². The molecule has 4 heteroatoms. The van der Waals surface area contributed by atoms with E-state index in [1.807, 2.05) is 0 Å². The summed E-state index contributed by atoms with van der Waals surface area (Å²) in [6.07, 6.45) is -1.06. The predicted molar refractivity (Wildman–Crippen MR) is 21.3 cm³/mol. The number of rotatable bonds is 2. The van der Waals surface area contributed by atoms with Crippen LogP contribution in [-0.2, 0) is 4.79 Å². The fourth-order valence-corrected chi connectivity index (χ4v) is 0.241. The number of carbonyl (C=O) groups is 1. The summed E-state index contributed by atoms with van der Waals surface area (Å²) in [7, 11) is 0. The summed E-state index contributed by atoms with van der Waals surface area (Å²) >= 11 is 0. The number of carbonyl (C=O) groups excluding carboxylic acids is 1.